The first kappa shape index (κ1) is 20.2. The van der Waals surface area contributed by atoms with Crippen LogP contribution in [-0.2, 0) is 11.2 Å². The quantitative estimate of drug-likeness (QED) is 0.355. The Bertz CT molecular complexity index is 1270. The highest BCUT2D eigenvalue weighted by Crippen LogP contribution is 2.28. The van der Waals surface area contributed by atoms with Gasteiger partial charge in [0, 0.05) is 16.8 Å². The zero-order valence-corrected chi connectivity index (χ0v) is 18.1. The number of fused-ring (bicyclic) bond motifs is 1. The third kappa shape index (κ3) is 4.20. The smallest absolute Gasteiger partial charge is 0.250 e. The van der Waals surface area contributed by atoms with E-state index in [1.165, 1.54) is 17.3 Å². The Morgan fingerprint density at radius 1 is 0.906 bits per heavy atom. The Kier molecular flexibility index (Phi) is 5.81. The minimum atomic E-state index is -0.171. The van der Waals surface area contributed by atoms with E-state index in [1.54, 1.807) is 0 Å². The summed E-state index contributed by atoms with van der Waals surface area (Å²) in [5.74, 6) is 0.760. The molecule has 1 heterocycles. The second kappa shape index (κ2) is 9.20. The van der Waals surface area contributed by atoms with Crippen LogP contribution in [0.5, 0.6) is 0 Å². The summed E-state index contributed by atoms with van der Waals surface area (Å²) in [6.45, 7) is 0. The lowest BCUT2D eigenvalue weighted by Crippen LogP contribution is -2.21. The Morgan fingerprint density at radius 3 is 2.44 bits per heavy atom. The molecule has 6 nitrogen and oxygen atoms in total. The first-order chi connectivity index (χ1) is 15.8. The van der Waals surface area contributed by atoms with E-state index >= 15 is 0 Å². The maximum atomic E-state index is 12.5. The number of amides is 1. The third-order valence-electron chi connectivity index (χ3n) is 5.29. The van der Waals surface area contributed by atoms with Crippen molar-refractivity contribution >= 4 is 23.4 Å². The van der Waals surface area contributed by atoms with Crippen molar-refractivity contribution in [3.8, 4) is 17.1 Å². The van der Waals surface area contributed by atoms with Crippen molar-refractivity contribution < 1.29 is 4.79 Å². The summed E-state index contributed by atoms with van der Waals surface area (Å²) < 4.78 is 1.98. The fourth-order valence-corrected chi connectivity index (χ4v) is 4.51. The number of hydrogen-bond donors (Lipinski definition) is 1. The Labute approximate surface area is 190 Å². The van der Waals surface area contributed by atoms with Gasteiger partial charge in [-0.2, -0.15) is 5.10 Å². The highest BCUT2D eigenvalue weighted by molar-refractivity contribution is 7.99. The zero-order valence-electron chi connectivity index (χ0n) is 17.3. The van der Waals surface area contributed by atoms with E-state index in [4.69, 9.17) is 0 Å². The monoisotopic (exact) mass is 439 g/mol. The van der Waals surface area contributed by atoms with Gasteiger partial charge in [-0.1, -0.05) is 84.6 Å². The van der Waals surface area contributed by atoms with Gasteiger partial charge in [-0.15, -0.1) is 10.2 Å². The molecule has 0 saturated heterocycles. The summed E-state index contributed by atoms with van der Waals surface area (Å²) >= 11 is 1.34. The average molecular weight is 440 g/mol. The number of aromatic nitrogens is 3. The molecule has 3 aromatic carbocycles. The summed E-state index contributed by atoms with van der Waals surface area (Å²) in [6, 6.07) is 28.0. The molecule has 1 aliphatic carbocycles. The van der Waals surface area contributed by atoms with Crippen molar-refractivity contribution in [2.24, 2.45) is 5.10 Å². The van der Waals surface area contributed by atoms with Gasteiger partial charge >= 0.3 is 0 Å². The largest absolute Gasteiger partial charge is 0.272 e. The van der Waals surface area contributed by atoms with Crippen molar-refractivity contribution in [3.05, 3.63) is 96.1 Å². The van der Waals surface area contributed by atoms with E-state index < -0.39 is 0 Å². The van der Waals surface area contributed by atoms with Crippen LogP contribution in [0.3, 0.4) is 0 Å². The van der Waals surface area contributed by atoms with Crippen LogP contribution in [0.2, 0.25) is 0 Å². The number of nitrogens with zero attached hydrogens (tertiary/aromatic N) is 4. The predicted molar refractivity (Wildman–Crippen MR) is 127 cm³/mol. The van der Waals surface area contributed by atoms with Crippen LogP contribution >= 0.6 is 11.8 Å². The lowest BCUT2D eigenvalue weighted by Gasteiger charge is -2.10. The van der Waals surface area contributed by atoms with E-state index in [1.807, 2.05) is 77.4 Å². The van der Waals surface area contributed by atoms with Gasteiger partial charge in [0.25, 0.3) is 5.91 Å². The van der Waals surface area contributed by atoms with Crippen molar-refractivity contribution in [3.63, 3.8) is 0 Å². The summed E-state index contributed by atoms with van der Waals surface area (Å²) in [7, 11) is 0. The molecule has 1 aliphatic rings. The number of hydrogen-bond acceptors (Lipinski definition) is 5. The van der Waals surface area contributed by atoms with E-state index in [-0.39, 0.29) is 11.7 Å². The molecule has 1 aromatic heterocycles. The third-order valence-corrected chi connectivity index (χ3v) is 6.22. The van der Waals surface area contributed by atoms with Crippen LogP contribution in [-0.4, -0.2) is 32.1 Å². The average Bonchev–Trinajstić information content (AvgIpc) is 3.47. The second-order valence-corrected chi connectivity index (χ2v) is 8.32. The van der Waals surface area contributed by atoms with E-state index in [0.717, 1.165) is 41.2 Å². The van der Waals surface area contributed by atoms with Crippen molar-refractivity contribution in [2.75, 3.05) is 5.75 Å². The zero-order chi connectivity index (χ0) is 21.8. The van der Waals surface area contributed by atoms with E-state index in [9.17, 15) is 4.79 Å². The highest BCUT2D eigenvalue weighted by Gasteiger charge is 2.19. The van der Waals surface area contributed by atoms with E-state index in [2.05, 4.69) is 32.9 Å². The molecule has 0 atom stereocenters. The van der Waals surface area contributed by atoms with Crippen LogP contribution in [0.4, 0.5) is 0 Å². The molecule has 7 heteroatoms. The molecule has 32 heavy (non-hydrogen) atoms. The molecule has 0 spiro atoms. The van der Waals surface area contributed by atoms with Gasteiger partial charge in [0.1, 0.15) is 0 Å². The lowest BCUT2D eigenvalue weighted by molar-refractivity contribution is -0.118. The molecule has 0 radical (unpaired) electrons. The van der Waals surface area contributed by atoms with Gasteiger partial charge in [0.2, 0.25) is 0 Å². The van der Waals surface area contributed by atoms with Crippen LogP contribution < -0.4 is 5.43 Å². The second-order valence-electron chi connectivity index (χ2n) is 7.38. The topological polar surface area (TPSA) is 72.2 Å². The predicted octanol–water partition coefficient (Wildman–Crippen LogP) is 4.49. The van der Waals surface area contributed by atoms with Crippen molar-refractivity contribution in [2.45, 2.75) is 18.0 Å². The minimum absolute atomic E-state index is 0.171. The number of aryl methyl sites for hydroxylation is 1. The molecular formula is C25H21N5OS. The molecule has 158 valence electrons. The Balaban J connectivity index is 1.33. The molecule has 0 aliphatic heterocycles. The number of thioether (sulfide) groups is 1. The number of para-hydroxylation sites is 1. The minimum Gasteiger partial charge on any atom is -0.272 e. The molecule has 5 rings (SSSR count). The van der Waals surface area contributed by atoms with Gasteiger partial charge in [-0.05, 0) is 30.5 Å². The molecular weight excluding hydrogens is 418 g/mol. The highest BCUT2D eigenvalue weighted by atomic mass is 32.2. The number of carbonyl (C=O) groups is 1. The Hall–Kier alpha value is -3.71. The van der Waals surface area contributed by atoms with Gasteiger partial charge in [0.05, 0.1) is 11.5 Å². The first-order valence-electron chi connectivity index (χ1n) is 10.4. The number of benzene rings is 3. The van der Waals surface area contributed by atoms with E-state index in [0.29, 0.717) is 5.16 Å². The van der Waals surface area contributed by atoms with Crippen molar-refractivity contribution in [1.29, 1.82) is 0 Å². The molecule has 0 bridgehead atoms. The van der Waals surface area contributed by atoms with Crippen LogP contribution in [0.25, 0.3) is 17.1 Å². The lowest BCUT2D eigenvalue weighted by atomic mass is 10.1. The normalized spacial score (nSPS) is 13.8. The summed E-state index contributed by atoms with van der Waals surface area (Å²) in [4.78, 5) is 12.5. The summed E-state index contributed by atoms with van der Waals surface area (Å²) in [5.41, 5.74) is 7.94. The first-order valence-corrected chi connectivity index (χ1v) is 11.4. The summed E-state index contributed by atoms with van der Waals surface area (Å²) in [5, 5.41) is 13.8. The maximum absolute atomic E-state index is 12.5. The van der Waals surface area contributed by atoms with Gasteiger partial charge < -0.3 is 0 Å². The van der Waals surface area contributed by atoms with Crippen LogP contribution in [0.15, 0.2) is 95.2 Å². The number of carbonyl (C=O) groups excluding carboxylic acids is 1. The van der Waals surface area contributed by atoms with Gasteiger partial charge in [0.15, 0.2) is 11.0 Å². The SMILES string of the molecule is O=C(CSc1nnc(-c2ccccc2)n1-c1ccccc1)N/N=C1/CCc2ccccc21. The number of rotatable bonds is 6. The molecule has 0 unspecified atom stereocenters. The van der Waals surface area contributed by atoms with Crippen LogP contribution in [0.1, 0.15) is 17.5 Å². The number of nitrogens with one attached hydrogen (secondary N) is 1. The molecule has 4 aromatic rings. The Morgan fingerprint density at radius 2 is 1.62 bits per heavy atom. The van der Waals surface area contributed by atoms with Gasteiger partial charge in [-0.25, -0.2) is 5.43 Å². The fraction of sp³-hybridized carbons (Fsp3) is 0.120. The summed E-state index contributed by atoms with van der Waals surface area (Å²) in [6.07, 6.45) is 1.80. The number of hydrazone groups is 1. The van der Waals surface area contributed by atoms with Gasteiger partial charge in [-0.3, -0.25) is 9.36 Å². The van der Waals surface area contributed by atoms with Crippen molar-refractivity contribution in [1.82, 2.24) is 20.2 Å². The molecule has 0 saturated carbocycles. The van der Waals surface area contributed by atoms with Crippen LogP contribution in [0, 0.1) is 0 Å². The fourth-order valence-electron chi connectivity index (χ4n) is 3.76. The standard InChI is InChI=1S/C25H21N5OS/c31-23(27-26-22-16-15-18-9-7-8-14-21(18)22)17-32-25-29-28-24(19-10-3-1-4-11-19)30(25)20-12-5-2-6-13-20/h1-14H,15-17H2,(H,27,31)/b26-22-. The molecule has 1 N–H and O–H groups in total. The maximum Gasteiger partial charge on any atom is 0.250 e. The molecule has 1 amide bonds. The molecule has 0 fully saturated rings.